The van der Waals surface area contributed by atoms with Crippen LogP contribution >= 0.6 is 23.4 Å². The van der Waals surface area contributed by atoms with Crippen LogP contribution in [0.15, 0.2) is 132 Å². The molecule has 0 saturated carbocycles. The van der Waals surface area contributed by atoms with Crippen LogP contribution in [0.4, 0.5) is 11.4 Å². The molecule has 0 aliphatic heterocycles. The minimum atomic E-state index is -0.493. The zero-order valence-electron chi connectivity index (χ0n) is 23.2. The van der Waals surface area contributed by atoms with Crippen LogP contribution in [0.2, 0.25) is 5.02 Å². The van der Waals surface area contributed by atoms with Crippen molar-refractivity contribution in [3.8, 4) is 0 Å². The summed E-state index contributed by atoms with van der Waals surface area (Å²) in [5, 5.41) is 10.9. The molecule has 0 aromatic heterocycles. The van der Waals surface area contributed by atoms with Gasteiger partial charge in [0, 0.05) is 26.9 Å². The van der Waals surface area contributed by atoms with E-state index >= 15 is 0 Å². The van der Waals surface area contributed by atoms with E-state index in [1.165, 1.54) is 11.8 Å². The Hall–Kier alpha value is -4.85. The van der Waals surface area contributed by atoms with Gasteiger partial charge in [-0.15, -0.1) is 11.8 Å². The van der Waals surface area contributed by atoms with Gasteiger partial charge in [0.15, 0.2) is 0 Å². The summed E-state index contributed by atoms with van der Waals surface area (Å²) in [6.45, 7) is 1.85. The van der Waals surface area contributed by atoms with E-state index in [2.05, 4.69) is 16.0 Å². The number of halogens is 1. The van der Waals surface area contributed by atoms with E-state index in [4.69, 9.17) is 11.6 Å². The predicted molar refractivity (Wildman–Crippen MR) is 176 cm³/mol. The van der Waals surface area contributed by atoms with Crippen LogP contribution in [0.3, 0.4) is 0 Å². The second-order valence-corrected chi connectivity index (χ2v) is 11.6. The Morgan fingerprint density at radius 1 is 0.721 bits per heavy atom. The molecule has 1 unspecified atom stereocenters. The third-order valence-corrected chi connectivity index (χ3v) is 7.85. The molecular formula is C35H28ClN3O3S. The van der Waals surface area contributed by atoms with Gasteiger partial charge in [0.05, 0.1) is 5.25 Å². The van der Waals surface area contributed by atoms with Crippen molar-refractivity contribution in [2.75, 3.05) is 10.6 Å². The van der Waals surface area contributed by atoms with Crippen molar-refractivity contribution in [1.29, 1.82) is 0 Å². The molecule has 214 valence electrons. The first-order chi connectivity index (χ1) is 20.8. The number of carbonyl (C=O) groups excluding carboxylic acids is 3. The molecule has 3 amide bonds. The molecular weight excluding hydrogens is 578 g/mol. The summed E-state index contributed by atoms with van der Waals surface area (Å²) in [5.74, 6) is -1.01. The maximum Gasteiger partial charge on any atom is 0.272 e. The van der Waals surface area contributed by atoms with Crippen LogP contribution in [0, 0.1) is 0 Å². The van der Waals surface area contributed by atoms with Crippen LogP contribution in [-0.4, -0.2) is 23.0 Å². The number of rotatable bonds is 9. The molecule has 3 N–H and O–H groups in total. The minimum absolute atomic E-state index is 0.0635. The number of thioether (sulfide) groups is 1. The number of anilines is 2. The van der Waals surface area contributed by atoms with Crippen molar-refractivity contribution in [2.24, 2.45) is 0 Å². The maximum absolute atomic E-state index is 13.3. The number of amides is 3. The highest BCUT2D eigenvalue weighted by atomic mass is 35.5. The largest absolute Gasteiger partial charge is 0.325 e. The molecule has 0 aliphatic rings. The summed E-state index contributed by atoms with van der Waals surface area (Å²) in [5.41, 5.74) is 2.43. The van der Waals surface area contributed by atoms with Gasteiger partial charge < -0.3 is 16.0 Å². The lowest BCUT2D eigenvalue weighted by atomic mass is 10.1. The fourth-order valence-electron chi connectivity index (χ4n) is 4.29. The number of carbonyl (C=O) groups is 3. The molecule has 0 heterocycles. The summed E-state index contributed by atoms with van der Waals surface area (Å²) in [6.07, 6.45) is 1.57. The van der Waals surface area contributed by atoms with E-state index in [-0.39, 0.29) is 16.9 Å². The molecule has 0 aliphatic carbocycles. The first-order valence-electron chi connectivity index (χ1n) is 13.6. The molecule has 0 radical (unpaired) electrons. The zero-order valence-corrected chi connectivity index (χ0v) is 24.8. The van der Waals surface area contributed by atoms with Crippen molar-refractivity contribution in [2.45, 2.75) is 17.1 Å². The van der Waals surface area contributed by atoms with Gasteiger partial charge in [0.1, 0.15) is 5.70 Å². The average molecular weight is 606 g/mol. The molecule has 0 saturated heterocycles. The molecule has 5 rings (SSSR count). The number of nitrogens with one attached hydrogen (secondary N) is 3. The minimum Gasteiger partial charge on any atom is -0.325 e. The topological polar surface area (TPSA) is 87.3 Å². The van der Waals surface area contributed by atoms with E-state index in [1.807, 2.05) is 67.6 Å². The second kappa shape index (κ2) is 13.9. The summed E-state index contributed by atoms with van der Waals surface area (Å²) in [4.78, 5) is 39.9. The highest BCUT2D eigenvalue weighted by molar-refractivity contribution is 8.00. The van der Waals surface area contributed by atoms with Crippen LogP contribution in [0.1, 0.15) is 22.8 Å². The van der Waals surface area contributed by atoms with Gasteiger partial charge >= 0.3 is 0 Å². The van der Waals surface area contributed by atoms with Crippen molar-refractivity contribution >= 4 is 69.3 Å². The molecule has 1 atom stereocenters. The first-order valence-corrected chi connectivity index (χ1v) is 14.8. The van der Waals surface area contributed by atoms with E-state index < -0.39 is 11.8 Å². The third kappa shape index (κ3) is 8.13. The Labute approximate surface area is 259 Å². The maximum atomic E-state index is 13.3. The van der Waals surface area contributed by atoms with Gasteiger partial charge in [-0.1, -0.05) is 72.3 Å². The summed E-state index contributed by atoms with van der Waals surface area (Å²) in [6, 6.07) is 36.7. The lowest BCUT2D eigenvalue weighted by Gasteiger charge is -2.14. The Bertz CT molecular complexity index is 1810. The van der Waals surface area contributed by atoms with Crippen LogP contribution in [-0.2, 0) is 9.59 Å². The molecule has 0 spiro atoms. The summed E-state index contributed by atoms with van der Waals surface area (Å²) < 4.78 is 0. The fourth-order valence-corrected chi connectivity index (χ4v) is 5.36. The SMILES string of the molecule is CC(Sc1ccc(NC(=O)/C(=C/c2cccc(Cl)c2)NC(=O)c2ccccc2)cc1)C(=O)Nc1ccc2ccccc2c1. The van der Waals surface area contributed by atoms with Crippen molar-refractivity contribution < 1.29 is 14.4 Å². The average Bonchev–Trinajstić information content (AvgIpc) is 3.02. The quantitative estimate of drug-likeness (QED) is 0.117. The van der Waals surface area contributed by atoms with Crippen LogP contribution in [0.25, 0.3) is 16.8 Å². The molecule has 5 aromatic carbocycles. The third-order valence-electron chi connectivity index (χ3n) is 6.50. The van der Waals surface area contributed by atoms with Gasteiger partial charge in [0.2, 0.25) is 5.91 Å². The smallest absolute Gasteiger partial charge is 0.272 e. The van der Waals surface area contributed by atoms with Crippen molar-refractivity contribution in [3.63, 3.8) is 0 Å². The van der Waals surface area contributed by atoms with Crippen LogP contribution in [0.5, 0.6) is 0 Å². The number of benzene rings is 5. The van der Waals surface area contributed by atoms with Crippen LogP contribution < -0.4 is 16.0 Å². The lowest BCUT2D eigenvalue weighted by molar-refractivity contribution is -0.115. The van der Waals surface area contributed by atoms with Gasteiger partial charge in [-0.2, -0.15) is 0 Å². The number of hydrogen-bond donors (Lipinski definition) is 3. The van der Waals surface area contributed by atoms with Gasteiger partial charge in [-0.3, -0.25) is 14.4 Å². The summed E-state index contributed by atoms with van der Waals surface area (Å²) in [7, 11) is 0. The highest BCUT2D eigenvalue weighted by Gasteiger charge is 2.17. The van der Waals surface area contributed by atoms with E-state index in [9.17, 15) is 14.4 Å². The van der Waals surface area contributed by atoms with Gasteiger partial charge in [-0.05, 0) is 90.0 Å². The molecule has 5 aromatic rings. The monoisotopic (exact) mass is 605 g/mol. The van der Waals surface area contributed by atoms with Gasteiger partial charge in [-0.25, -0.2) is 0 Å². The summed E-state index contributed by atoms with van der Waals surface area (Å²) >= 11 is 7.54. The Balaban J connectivity index is 1.23. The fraction of sp³-hybridized carbons (Fsp3) is 0.0571. The predicted octanol–water partition coefficient (Wildman–Crippen LogP) is 8.02. The van der Waals surface area contributed by atoms with E-state index in [0.29, 0.717) is 21.8 Å². The molecule has 0 fully saturated rings. The Morgan fingerprint density at radius 3 is 2.16 bits per heavy atom. The Morgan fingerprint density at radius 2 is 1.42 bits per heavy atom. The zero-order chi connectivity index (χ0) is 30.2. The van der Waals surface area contributed by atoms with E-state index in [1.54, 1.807) is 66.7 Å². The molecule has 8 heteroatoms. The van der Waals surface area contributed by atoms with E-state index in [0.717, 1.165) is 21.4 Å². The lowest BCUT2D eigenvalue weighted by Crippen LogP contribution is -2.30. The molecule has 6 nitrogen and oxygen atoms in total. The second-order valence-electron chi connectivity index (χ2n) is 9.72. The standard InChI is InChI=1S/C35H28ClN3O3S/c1-23(33(40)38-30-15-14-25-9-5-6-12-27(25)22-30)43-31-18-16-29(17-19-31)37-35(42)32(21-24-8-7-13-28(36)20-24)39-34(41)26-10-3-2-4-11-26/h2-23H,1H3,(H,37,42)(H,38,40)(H,39,41)/b32-21-. The van der Waals surface area contributed by atoms with Crippen molar-refractivity contribution in [3.05, 3.63) is 143 Å². The number of hydrogen-bond acceptors (Lipinski definition) is 4. The number of fused-ring (bicyclic) bond motifs is 1. The highest BCUT2D eigenvalue weighted by Crippen LogP contribution is 2.27. The molecule has 43 heavy (non-hydrogen) atoms. The Kier molecular flexibility index (Phi) is 9.56. The first kappa shape index (κ1) is 29.6. The van der Waals surface area contributed by atoms with Gasteiger partial charge in [0.25, 0.3) is 11.8 Å². The van der Waals surface area contributed by atoms with Crippen molar-refractivity contribution in [1.82, 2.24) is 5.32 Å². The normalized spacial score (nSPS) is 11.9. The molecule has 0 bridgehead atoms.